The van der Waals surface area contributed by atoms with Crippen molar-refractivity contribution < 1.29 is 23.7 Å². The van der Waals surface area contributed by atoms with Crippen molar-refractivity contribution in [2.24, 2.45) is 0 Å². The van der Waals surface area contributed by atoms with E-state index in [1.54, 1.807) is 18.2 Å². The minimum atomic E-state index is -0.556. The molecule has 8 nitrogen and oxygen atoms in total. The van der Waals surface area contributed by atoms with Crippen LogP contribution in [-0.4, -0.2) is 19.8 Å². The van der Waals surface area contributed by atoms with Crippen molar-refractivity contribution in [2.75, 3.05) is 19.2 Å². The molecular weight excluding hydrogens is 490 g/mol. The number of nitrogens with zero attached hydrogens (tertiary/aromatic N) is 2. The molecule has 0 bridgehead atoms. The lowest BCUT2D eigenvalue weighted by Gasteiger charge is -2.12. The largest absolute Gasteiger partial charge is 0.493 e. The number of anilines is 1. The molecule has 2 heterocycles. The number of nitrogens with one attached hydrogen (secondary N) is 1. The minimum absolute atomic E-state index is 0.0775. The van der Waals surface area contributed by atoms with Crippen molar-refractivity contribution in [1.82, 2.24) is 0 Å². The lowest BCUT2D eigenvalue weighted by atomic mass is 9.96. The summed E-state index contributed by atoms with van der Waals surface area (Å²) in [5.74, 6) is 1.81. The molecule has 1 aromatic heterocycles. The summed E-state index contributed by atoms with van der Waals surface area (Å²) >= 11 is 1.42. The molecule has 1 aliphatic carbocycles. The highest BCUT2D eigenvalue weighted by molar-refractivity contribution is 7.16. The number of rotatable bonds is 7. The van der Waals surface area contributed by atoms with Crippen LogP contribution in [0.4, 0.5) is 5.00 Å². The maximum Gasteiger partial charge on any atom is 0.266 e. The zero-order valence-corrected chi connectivity index (χ0v) is 20.9. The molecule has 0 unspecified atom stereocenters. The molecule has 0 saturated heterocycles. The Morgan fingerprint density at radius 2 is 1.95 bits per heavy atom. The normalized spacial score (nSPS) is 13.8. The van der Waals surface area contributed by atoms with E-state index in [9.17, 15) is 15.3 Å². The molecule has 5 rings (SSSR count). The fraction of sp³-hybridized carbons (Fsp3) is 0.250. The molecular formula is C28H23N3O5S. The lowest BCUT2D eigenvalue weighted by molar-refractivity contribution is -0.112. The predicted molar refractivity (Wildman–Crippen MR) is 138 cm³/mol. The van der Waals surface area contributed by atoms with Gasteiger partial charge in [0.15, 0.2) is 23.0 Å². The summed E-state index contributed by atoms with van der Waals surface area (Å²) in [6.07, 6.45) is 5.35. The first-order chi connectivity index (χ1) is 18.1. The molecule has 37 heavy (non-hydrogen) atoms. The molecule has 1 amide bonds. The van der Waals surface area contributed by atoms with Crippen molar-refractivity contribution in [3.8, 4) is 35.1 Å². The van der Waals surface area contributed by atoms with Gasteiger partial charge in [-0.25, -0.2) is 0 Å². The first kappa shape index (κ1) is 24.2. The van der Waals surface area contributed by atoms with E-state index >= 15 is 0 Å². The number of ether oxygens (including phenoxy) is 4. The Labute approximate surface area is 218 Å². The summed E-state index contributed by atoms with van der Waals surface area (Å²) in [6.45, 7) is 0.500. The van der Waals surface area contributed by atoms with Crippen LogP contribution in [0.3, 0.4) is 0 Å². The van der Waals surface area contributed by atoms with Crippen LogP contribution in [0.1, 0.15) is 40.0 Å². The van der Waals surface area contributed by atoms with Gasteiger partial charge in [0.2, 0.25) is 6.79 Å². The SMILES string of the molecule is COc1cc(/C=C(\C#N)C(=O)Nc2sc3c(c2C#N)CCCC3)ccc1OCc1ccc2c(c1)OCO2. The summed E-state index contributed by atoms with van der Waals surface area (Å²) in [4.78, 5) is 14.1. The topological polar surface area (TPSA) is 114 Å². The molecule has 0 fully saturated rings. The summed E-state index contributed by atoms with van der Waals surface area (Å²) < 4.78 is 22.2. The van der Waals surface area contributed by atoms with Crippen LogP contribution in [0.15, 0.2) is 42.0 Å². The smallest absolute Gasteiger partial charge is 0.266 e. The predicted octanol–water partition coefficient (Wildman–Crippen LogP) is 5.36. The maximum atomic E-state index is 12.9. The average molecular weight is 514 g/mol. The average Bonchev–Trinajstić information content (AvgIpc) is 3.54. The summed E-state index contributed by atoms with van der Waals surface area (Å²) in [6, 6.07) is 15.0. The van der Waals surface area contributed by atoms with Crippen LogP contribution in [0.2, 0.25) is 0 Å². The van der Waals surface area contributed by atoms with Gasteiger partial charge in [0.25, 0.3) is 5.91 Å². The van der Waals surface area contributed by atoms with E-state index in [1.807, 2.05) is 24.3 Å². The number of carbonyl (C=O) groups excluding carboxylic acids is 1. The number of benzene rings is 2. The molecule has 2 aromatic carbocycles. The number of amides is 1. The van der Waals surface area contributed by atoms with E-state index < -0.39 is 5.91 Å². The quantitative estimate of drug-likeness (QED) is 0.334. The first-order valence-corrected chi connectivity index (χ1v) is 12.6. The summed E-state index contributed by atoms with van der Waals surface area (Å²) in [5.41, 5.74) is 2.97. The molecule has 0 radical (unpaired) electrons. The van der Waals surface area contributed by atoms with Crippen LogP contribution in [0.25, 0.3) is 6.08 Å². The van der Waals surface area contributed by atoms with Crippen molar-refractivity contribution in [2.45, 2.75) is 32.3 Å². The third-order valence-corrected chi connectivity index (χ3v) is 7.41. The Morgan fingerprint density at radius 3 is 2.76 bits per heavy atom. The highest BCUT2D eigenvalue weighted by Gasteiger charge is 2.23. The van der Waals surface area contributed by atoms with E-state index in [-0.39, 0.29) is 12.4 Å². The summed E-state index contributed by atoms with van der Waals surface area (Å²) in [5, 5.41) is 22.6. The molecule has 1 aliphatic heterocycles. The van der Waals surface area contributed by atoms with Crippen LogP contribution in [0.5, 0.6) is 23.0 Å². The number of carbonyl (C=O) groups is 1. The molecule has 9 heteroatoms. The fourth-order valence-corrected chi connectivity index (χ4v) is 5.58. The van der Waals surface area contributed by atoms with Gasteiger partial charge < -0.3 is 24.3 Å². The Bertz CT molecular complexity index is 1480. The van der Waals surface area contributed by atoms with Crippen LogP contribution >= 0.6 is 11.3 Å². The molecule has 186 valence electrons. The van der Waals surface area contributed by atoms with E-state index in [0.29, 0.717) is 45.7 Å². The first-order valence-electron chi connectivity index (χ1n) is 11.8. The van der Waals surface area contributed by atoms with Crippen molar-refractivity contribution >= 4 is 28.3 Å². The maximum absolute atomic E-state index is 12.9. The molecule has 3 aromatic rings. The second-order valence-electron chi connectivity index (χ2n) is 8.54. The Kier molecular flexibility index (Phi) is 6.98. The molecule has 2 aliphatic rings. The van der Waals surface area contributed by atoms with E-state index in [2.05, 4.69) is 11.4 Å². The van der Waals surface area contributed by atoms with Gasteiger partial charge in [-0.05, 0) is 72.7 Å². The van der Waals surface area contributed by atoms with Gasteiger partial charge in [0.1, 0.15) is 29.3 Å². The fourth-order valence-electron chi connectivity index (χ4n) is 4.34. The number of hydrogen-bond acceptors (Lipinski definition) is 8. The third-order valence-electron chi connectivity index (χ3n) is 6.21. The minimum Gasteiger partial charge on any atom is -0.493 e. The van der Waals surface area contributed by atoms with Crippen LogP contribution in [-0.2, 0) is 24.2 Å². The molecule has 0 spiro atoms. The number of nitriles is 2. The zero-order chi connectivity index (χ0) is 25.8. The Morgan fingerprint density at radius 1 is 1.11 bits per heavy atom. The monoisotopic (exact) mass is 513 g/mol. The van der Waals surface area contributed by atoms with Gasteiger partial charge in [0.05, 0.1) is 12.7 Å². The molecule has 0 saturated carbocycles. The highest BCUT2D eigenvalue weighted by Crippen LogP contribution is 2.38. The number of methoxy groups -OCH3 is 1. The van der Waals surface area contributed by atoms with E-state index in [1.165, 1.54) is 24.5 Å². The van der Waals surface area contributed by atoms with Gasteiger partial charge in [-0.3, -0.25) is 4.79 Å². The van der Waals surface area contributed by atoms with Crippen LogP contribution in [0, 0.1) is 22.7 Å². The van der Waals surface area contributed by atoms with Crippen molar-refractivity contribution in [1.29, 1.82) is 10.5 Å². The second-order valence-corrected chi connectivity index (χ2v) is 9.64. The van der Waals surface area contributed by atoms with E-state index in [0.717, 1.165) is 41.7 Å². The Hall–Kier alpha value is -4.47. The third kappa shape index (κ3) is 5.09. The molecule has 1 N–H and O–H groups in total. The highest BCUT2D eigenvalue weighted by atomic mass is 32.1. The summed E-state index contributed by atoms with van der Waals surface area (Å²) in [7, 11) is 1.52. The zero-order valence-electron chi connectivity index (χ0n) is 20.1. The van der Waals surface area contributed by atoms with Crippen molar-refractivity contribution in [3.05, 3.63) is 69.1 Å². The Balaban J connectivity index is 1.31. The van der Waals surface area contributed by atoms with Gasteiger partial charge in [-0.2, -0.15) is 10.5 Å². The number of hydrogen-bond donors (Lipinski definition) is 1. The standard InChI is InChI=1S/C28H23N3O5S/c1-33-24-11-17(6-8-22(24)34-15-18-7-9-23-25(12-18)36-16-35-23)10-19(13-29)27(32)31-28-21(14-30)20-4-2-3-5-26(20)37-28/h6-12H,2-5,15-16H2,1H3,(H,31,32)/b19-10+. The number of fused-ring (bicyclic) bond motifs is 2. The number of thiophene rings is 1. The second kappa shape index (κ2) is 10.7. The van der Waals surface area contributed by atoms with Gasteiger partial charge in [-0.1, -0.05) is 12.1 Å². The van der Waals surface area contributed by atoms with Crippen molar-refractivity contribution in [3.63, 3.8) is 0 Å². The van der Waals surface area contributed by atoms with Gasteiger partial charge in [0, 0.05) is 4.88 Å². The van der Waals surface area contributed by atoms with Gasteiger partial charge >= 0.3 is 0 Å². The lowest BCUT2D eigenvalue weighted by Crippen LogP contribution is -2.13. The van der Waals surface area contributed by atoms with Crippen LogP contribution < -0.4 is 24.3 Å². The molecule has 0 atom stereocenters. The van der Waals surface area contributed by atoms with Gasteiger partial charge in [-0.15, -0.1) is 11.3 Å². The van der Waals surface area contributed by atoms with E-state index in [4.69, 9.17) is 18.9 Å². The number of aryl methyl sites for hydroxylation is 1.